The summed E-state index contributed by atoms with van der Waals surface area (Å²) in [5, 5.41) is 0. The molecule has 0 aliphatic carbocycles. The van der Waals surface area contributed by atoms with Gasteiger partial charge in [0.2, 0.25) is 21.8 Å². The van der Waals surface area contributed by atoms with Crippen molar-refractivity contribution in [3.05, 3.63) is 28.7 Å². The van der Waals surface area contributed by atoms with Crippen molar-refractivity contribution in [1.82, 2.24) is 14.1 Å². The van der Waals surface area contributed by atoms with E-state index in [-0.39, 0.29) is 29.8 Å². The lowest BCUT2D eigenvalue weighted by atomic mass is 9.94. The van der Waals surface area contributed by atoms with Gasteiger partial charge in [0.15, 0.2) is 0 Å². The molecule has 160 valence electrons. The molecule has 2 aliphatic rings. The first-order chi connectivity index (χ1) is 13.5. The molecule has 0 N–H and O–H groups in total. The van der Waals surface area contributed by atoms with Gasteiger partial charge >= 0.3 is 0 Å². The Morgan fingerprint density at radius 3 is 2.31 bits per heavy atom. The van der Waals surface area contributed by atoms with Crippen LogP contribution in [0.5, 0.6) is 0 Å². The lowest BCUT2D eigenvalue weighted by molar-refractivity contribution is -0.148. The van der Waals surface area contributed by atoms with Crippen molar-refractivity contribution in [2.24, 2.45) is 5.41 Å². The van der Waals surface area contributed by atoms with Gasteiger partial charge in [0, 0.05) is 42.6 Å². The highest BCUT2D eigenvalue weighted by Crippen LogP contribution is 2.27. The van der Waals surface area contributed by atoms with Gasteiger partial charge in [-0.05, 0) is 31.0 Å². The zero-order valence-electron chi connectivity index (χ0n) is 17.1. The Labute approximate surface area is 181 Å². The highest BCUT2D eigenvalue weighted by Gasteiger charge is 2.41. The number of benzene rings is 1. The first-order valence-corrected chi connectivity index (χ1v) is 12.1. The summed E-state index contributed by atoms with van der Waals surface area (Å²) in [6.07, 6.45) is 1.48. The third kappa shape index (κ3) is 4.67. The molecule has 7 nitrogen and oxygen atoms in total. The average molecular weight is 486 g/mol. The molecule has 1 aromatic carbocycles. The number of amides is 2. The molecule has 0 bridgehead atoms. The van der Waals surface area contributed by atoms with E-state index in [1.165, 1.54) is 4.31 Å². The number of carbonyl (C=O) groups excluding carboxylic acids is 2. The van der Waals surface area contributed by atoms with E-state index in [9.17, 15) is 18.0 Å². The molecule has 0 unspecified atom stereocenters. The molecule has 2 aliphatic heterocycles. The third-order valence-corrected chi connectivity index (χ3v) is 7.81. The zero-order valence-corrected chi connectivity index (χ0v) is 19.5. The van der Waals surface area contributed by atoms with E-state index < -0.39 is 21.5 Å². The number of carbonyl (C=O) groups is 2. The summed E-state index contributed by atoms with van der Waals surface area (Å²) in [7, 11) is -3.60. The number of sulfonamides is 1. The maximum atomic E-state index is 13.1. The first-order valence-electron chi connectivity index (χ1n) is 9.87. The van der Waals surface area contributed by atoms with Gasteiger partial charge in [0.1, 0.15) is 6.04 Å². The van der Waals surface area contributed by atoms with Crippen LogP contribution >= 0.6 is 15.9 Å². The van der Waals surface area contributed by atoms with E-state index >= 15 is 0 Å². The van der Waals surface area contributed by atoms with Crippen LogP contribution in [0.1, 0.15) is 33.6 Å². The van der Waals surface area contributed by atoms with Gasteiger partial charge in [-0.15, -0.1) is 0 Å². The quantitative estimate of drug-likeness (QED) is 0.657. The summed E-state index contributed by atoms with van der Waals surface area (Å²) in [5.74, 6) is -0.0798. The Morgan fingerprint density at radius 2 is 1.72 bits per heavy atom. The van der Waals surface area contributed by atoms with E-state index in [1.54, 1.807) is 34.1 Å². The smallest absolute Gasteiger partial charge is 0.245 e. The van der Waals surface area contributed by atoms with E-state index in [0.29, 0.717) is 30.5 Å². The predicted molar refractivity (Wildman–Crippen MR) is 114 cm³/mol. The number of hydrogen-bond acceptors (Lipinski definition) is 4. The predicted octanol–water partition coefficient (Wildman–Crippen LogP) is 2.32. The fraction of sp³-hybridized carbons (Fsp3) is 0.600. The molecule has 1 aromatic rings. The molecular formula is C20H28BrN3O4S. The molecule has 0 spiro atoms. The Morgan fingerprint density at radius 1 is 1.07 bits per heavy atom. The van der Waals surface area contributed by atoms with Crippen LogP contribution in [0.2, 0.25) is 0 Å². The lowest BCUT2D eigenvalue weighted by Gasteiger charge is -2.37. The molecule has 2 fully saturated rings. The Balaban J connectivity index is 1.66. The van der Waals surface area contributed by atoms with E-state index in [0.717, 1.165) is 6.42 Å². The van der Waals surface area contributed by atoms with Crippen molar-refractivity contribution in [3.63, 3.8) is 0 Å². The van der Waals surface area contributed by atoms with E-state index in [2.05, 4.69) is 15.9 Å². The summed E-state index contributed by atoms with van der Waals surface area (Å²) in [4.78, 5) is 29.4. The van der Waals surface area contributed by atoms with Crippen LogP contribution in [-0.4, -0.2) is 73.1 Å². The highest BCUT2D eigenvalue weighted by molar-refractivity contribution is 9.10. The number of halogens is 1. The van der Waals surface area contributed by atoms with Gasteiger partial charge in [-0.25, -0.2) is 8.42 Å². The number of nitrogens with zero attached hydrogens (tertiary/aromatic N) is 3. The van der Waals surface area contributed by atoms with Crippen LogP contribution in [0.4, 0.5) is 0 Å². The summed E-state index contributed by atoms with van der Waals surface area (Å²) < 4.78 is 27.9. The third-order valence-electron chi connectivity index (χ3n) is 5.42. The van der Waals surface area contributed by atoms with Crippen molar-refractivity contribution < 1.29 is 18.0 Å². The van der Waals surface area contributed by atoms with E-state index in [1.807, 2.05) is 20.8 Å². The summed E-state index contributed by atoms with van der Waals surface area (Å²) in [5.41, 5.74) is -0.528. The first kappa shape index (κ1) is 22.2. The highest BCUT2D eigenvalue weighted by atomic mass is 79.9. The molecule has 2 amide bonds. The van der Waals surface area contributed by atoms with Crippen LogP contribution in [-0.2, 0) is 19.6 Å². The summed E-state index contributed by atoms with van der Waals surface area (Å²) in [6.45, 7) is 7.35. The van der Waals surface area contributed by atoms with Crippen molar-refractivity contribution in [1.29, 1.82) is 0 Å². The minimum Gasteiger partial charge on any atom is -0.338 e. The Hall–Kier alpha value is -1.45. The molecular weight excluding hydrogens is 458 g/mol. The minimum absolute atomic E-state index is 0.00998. The number of rotatable bonds is 3. The molecule has 3 rings (SSSR count). The molecule has 0 aromatic heterocycles. The van der Waals surface area contributed by atoms with Gasteiger partial charge in [0.25, 0.3) is 0 Å². The minimum atomic E-state index is -3.60. The summed E-state index contributed by atoms with van der Waals surface area (Å²) >= 11 is 3.31. The topological polar surface area (TPSA) is 78.0 Å². The number of hydrogen-bond donors (Lipinski definition) is 0. The maximum Gasteiger partial charge on any atom is 0.245 e. The van der Waals surface area contributed by atoms with Gasteiger partial charge < -0.3 is 9.80 Å². The summed E-state index contributed by atoms with van der Waals surface area (Å²) in [6, 6.07) is 6.20. The molecule has 0 radical (unpaired) electrons. The van der Waals surface area contributed by atoms with Gasteiger partial charge in [0.05, 0.1) is 4.90 Å². The lowest BCUT2D eigenvalue weighted by Crippen LogP contribution is -2.56. The van der Waals surface area contributed by atoms with E-state index in [4.69, 9.17) is 0 Å². The largest absolute Gasteiger partial charge is 0.338 e. The normalized spacial score (nSPS) is 21.4. The molecule has 9 heteroatoms. The van der Waals surface area contributed by atoms with Crippen LogP contribution in [0.25, 0.3) is 0 Å². The van der Waals surface area contributed by atoms with Gasteiger partial charge in [-0.2, -0.15) is 4.31 Å². The molecule has 2 saturated heterocycles. The second-order valence-electron chi connectivity index (χ2n) is 8.59. The Bertz CT molecular complexity index is 889. The van der Waals surface area contributed by atoms with Crippen molar-refractivity contribution >= 4 is 37.8 Å². The fourth-order valence-corrected chi connectivity index (χ4v) is 5.85. The van der Waals surface area contributed by atoms with Gasteiger partial charge in [-0.1, -0.05) is 42.8 Å². The SMILES string of the molecule is CC(C)(C)C(=O)N1CCC[C@H]1C(=O)N1CCN(S(=O)(=O)c2cccc(Br)c2)CC1. The second-order valence-corrected chi connectivity index (χ2v) is 11.4. The monoisotopic (exact) mass is 485 g/mol. The Kier molecular flexibility index (Phi) is 6.41. The zero-order chi connectivity index (χ0) is 21.4. The van der Waals surface area contributed by atoms with Crippen molar-refractivity contribution in [2.75, 3.05) is 32.7 Å². The average Bonchev–Trinajstić information content (AvgIpc) is 3.15. The second kappa shape index (κ2) is 8.35. The standard InChI is InChI=1S/C20H28BrN3O4S/c1-20(2,3)19(26)24-9-5-8-17(24)18(25)22-10-12-23(13-11-22)29(27,28)16-7-4-6-15(21)14-16/h4,6-7,14,17H,5,8-13H2,1-3H3/t17-/m0/s1. The molecule has 2 heterocycles. The van der Waals surface area contributed by atoms with Crippen molar-refractivity contribution in [3.8, 4) is 0 Å². The fourth-order valence-electron chi connectivity index (χ4n) is 3.83. The van der Waals surface area contributed by atoms with Crippen LogP contribution in [0.3, 0.4) is 0 Å². The number of likely N-dealkylation sites (tertiary alicyclic amines) is 1. The molecule has 0 saturated carbocycles. The number of piperazine rings is 1. The van der Waals surface area contributed by atoms with Crippen molar-refractivity contribution in [2.45, 2.75) is 44.6 Å². The van der Waals surface area contributed by atoms with Gasteiger partial charge in [-0.3, -0.25) is 9.59 Å². The maximum absolute atomic E-state index is 13.1. The van der Waals surface area contributed by atoms with Crippen LogP contribution in [0, 0.1) is 5.41 Å². The van der Waals surface area contributed by atoms with Crippen LogP contribution < -0.4 is 0 Å². The molecule has 29 heavy (non-hydrogen) atoms. The van der Waals surface area contributed by atoms with Crippen LogP contribution in [0.15, 0.2) is 33.6 Å². The molecule has 1 atom stereocenters.